The van der Waals surface area contributed by atoms with Crippen LogP contribution in [0.4, 0.5) is 0 Å². The minimum Gasteiger partial charge on any atom is -0.480 e. The molecule has 0 saturated carbocycles. The van der Waals surface area contributed by atoms with E-state index in [0.717, 1.165) is 6.26 Å². The van der Waals surface area contributed by atoms with E-state index in [4.69, 9.17) is 11.5 Å². The normalized spacial score (nSPS) is 12.3. The van der Waals surface area contributed by atoms with E-state index in [1.54, 1.807) is 0 Å². The molecule has 0 amide bonds. The van der Waals surface area contributed by atoms with Crippen molar-refractivity contribution in [2.45, 2.75) is 0 Å². The van der Waals surface area contributed by atoms with Crippen molar-refractivity contribution in [2.75, 3.05) is 24.4 Å². The fourth-order valence-electron chi connectivity index (χ4n) is 0.850. The number of terminal acetylenes is 1. The average molecular weight is 269 g/mol. The maximum absolute atomic E-state index is 11.5. The molecule has 0 heterocycles. The summed E-state index contributed by atoms with van der Waals surface area (Å²) in [5, 5.41) is 7.29. The Balaban J connectivity index is 5.06. The zero-order chi connectivity index (χ0) is 13.0. The number of sulfone groups is 1. The first-order valence-electron chi connectivity index (χ1n) is 3.89. The minimum absolute atomic E-state index is 0.427. The van der Waals surface area contributed by atoms with E-state index in [1.807, 2.05) is 5.92 Å². The van der Waals surface area contributed by atoms with Crippen LogP contribution in [0.3, 0.4) is 0 Å². The summed E-state index contributed by atoms with van der Waals surface area (Å²) in [6, 6.07) is 0. The van der Waals surface area contributed by atoms with Crippen molar-refractivity contribution in [3.05, 3.63) is 0 Å². The summed E-state index contributed by atoms with van der Waals surface area (Å²) in [5.74, 6) is 0.544. The first kappa shape index (κ1) is 14.9. The highest BCUT2D eigenvalue weighted by Crippen LogP contribution is 2.04. The van der Waals surface area contributed by atoms with E-state index >= 15 is 0 Å². The third kappa shape index (κ3) is 5.69. The van der Waals surface area contributed by atoms with Gasteiger partial charge in [-0.05, 0) is 0 Å². The molecule has 92 valence electrons. The highest BCUT2D eigenvalue weighted by atomic mass is 32.3. The van der Waals surface area contributed by atoms with Crippen LogP contribution in [0.25, 0.3) is 0 Å². The Morgan fingerprint density at radius 3 is 2.19 bits per heavy atom. The smallest absolute Gasteiger partial charge is 0.318 e. The third-order valence-electron chi connectivity index (χ3n) is 1.34. The first-order chi connectivity index (χ1) is 7.08. The van der Waals surface area contributed by atoms with Gasteiger partial charge in [-0.15, -0.1) is 6.42 Å². The molecule has 0 radical (unpaired) electrons. The fraction of sp³-hybridized carbons (Fsp3) is 0.571. The molecular formula is C7H11NO6S2. The summed E-state index contributed by atoms with van der Waals surface area (Å²) in [7, 11) is -7.99. The standard InChI is InChI=1S/C7H11NO6S2/c1-3-4-8(5-7(9)10)16(13,14)6-15(2,11)12/h1H,4-6H2,2H3,(H,9,10). The van der Waals surface area contributed by atoms with Crippen molar-refractivity contribution in [3.63, 3.8) is 0 Å². The third-order valence-corrected chi connectivity index (χ3v) is 5.28. The Labute approximate surface area is 94.0 Å². The second-order valence-corrected chi connectivity index (χ2v) is 7.50. The molecule has 7 nitrogen and oxygen atoms in total. The summed E-state index contributed by atoms with van der Waals surface area (Å²) in [5.41, 5.74) is 0. The van der Waals surface area contributed by atoms with E-state index in [-0.39, 0.29) is 0 Å². The lowest BCUT2D eigenvalue weighted by molar-refractivity contribution is -0.137. The molecule has 0 aromatic carbocycles. The number of rotatable bonds is 6. The van der Waals surface area contributed by atoms with Gasteiger partial charge in [0.25, 0.3) is 0 Å². The fourth-order valence-corrected chi connectivity index (χ4v) is 4.19. The van der Waals surface area contributed by atoms with Gasteiger partial charge in [0, 0.05) is 6.26 Å². The quantitative estimate of drug-likeness (QED) is 0.578. The van der Waals surface area contributed by atoms with E-state index in [9.17, 15) is 21.6 Å². The average Bonchev–Trinajstić information content (AvgIpc) is 1.97. The number of sulfonamides is 1. The molecule has 0 aliphatic rings. The molecule has 0 saturated heterocycles. The van der Waals surface area contributed by atoms with Crippen LogP contribution >= 0.6 is 0 Å². The van der Waals surface area contributed by atoms with Gasteiger partial charge in [0.05, 0.1) is 6.54 Å². The Morgan fingerprint density at radius 1 is 1.38 bits per heavy atom. The van der Waals surface area contributed by atoms with E-state index in [0.29, 0.717) is 4.31 Å². The molecule has 0 atom stereocenters. The maximum atomic E-state index is 11.5. The molecule has 0 aromatic heterocycles. The summed E-state index contributed by atoms with van der Waals surface area (Å²) in [6.45, 7) is -1.34. The predicted molar refractivity (Wildman–Crippen MR) is 56.7 cm³/mol. The Kier molecular flexibility index (Phi) is 4.92. The lowest BCUT2D eigenvalue weighted by Gasteiger charge is -2.16. The summed E-state index contributed by atoms with van der Waals surface area (Å²) >= 11 is 0. The zero-order valence-electron chi connectivity index (χ0n) is 8.45. The number of carboxylic acids is 1. The van der Waals surface area contributed by atoms with Gasteiger partial charge in [-0.1, -0.05) is 5.92 Å². The van der Waals surface area contributed by atoms with Crippen LogP contribution in [0, 0.1) is 12.3 Å². The van der Waals surface area contributed by atoms with E-state index in [1.165, 1.54) is 0 Å². The van der Waals surface area contributed by atoms with Crippen molar-refractivity contribution in [2.24, 2.45) is 0 Å². The largest absolute Gasteiger partial charge is 0.480 e. The second-order valence-electron chi connectivity index (χ2n) is 3.02. The molecule has 0 aliphatic carbocycles. The van der Waals surface area contributed by atoms with Crippen molar-refractivity contribution in [1.82, 2.24) is 4.31 Å². The number of nitrogens with zero attached hydrogens (tertiary/aromatic N) is 1. The van der Waals surface area contributed by atoms with Crippen LogP contribution < -0.4 is 0 Å². The van der Waals surface area contributed by atoms with Crippen LogP contribution in [0.5, 0.6) is 0 Å². The van der Waals surface area contributed by atoms with Gasteiger partial charge in [0.1, 0.15) is 6.54 Å². The van der Waals surface area contributed by atoms with Gasteiger partial charge in [0.15, 0.2) is 14.9 Å². The van der Waals surface area contributed by atoms with E-state index < -0.39 is 44.0 Å². The number of aliphatic carboxylic acids is 1. The Bertz CT molecular complexity index is 497. The first-order valence-corrected chi connectivity index (χ1v) is 7.56. The summed E-state index contributed by atoms with van der Waals surface area (Å²) in [6.07, 6.45) is 5.60. The Morgan fingerprint density at radius 2 is 1.88 bits per heavy atom. The molecule has 1 N–H and O–H groups in total. The molecule has 0 aromatic rings. The highest BCUT2D eigenvalue weighted by molar-refractivity contribution is 8.06. The molecular weight excluding hydrogens is 258 g/mol. The second kappa shape index (κ2) is 5.29. The molecule has 16 heavy (non-hydrogen) atoms. The molecule has 0 aliphatic heterocycles. The SMILES string of the molecule is C#CCN(CC(=O)O)S(=O)(=O)CS(C)(=O)=O. The van der Waals surface area contributed by atoms with Crippen LogP contribution in [-0.2, 0) is 24.7 Å². The molecule has 0 spiro atoms. The number of carboxylic acid groups (broad SMARTS) is 1. The number of hydrogen-bond acceptors (Lipinski definition) is 5. The number of carbonyl (C=O) groups is 1. The van der Waals surface area contributed by atoms with Gasteiger partial charge < -0.3 is 5.11 Å². The van der Waals surface area contributed by atoms with Gasteiger partial charge in [-0.25, -0.2) is 16.8 Å². The van der Waals surface area contributed by atoms with Gasteiger partial charge in [-0.3, -0.25) is 4.79 Å². The van der Waals surface area contributed by atoms with Crippen molar-refractivity contribution >= 4 is 25.8 Å². The minimum atomic E-state index is -4.22. The molecule has 0 bridgehead atoms. The van der Waals surface area contributed by atoms with Crippen molar-refractivity contribution in [3.8, 4) is 12.3 Å². The lowest BCUT2D eigenvalue weighted by Crippen LogP contribution is -2.39. The molecule has 0 unspecified atom stereocenters. The number of hydrogen-bond donors (Lipinski definition) is 1. The zero-order valence-corrected chi connectivity index (χ0v) is 10.1. The summed E-state index contributed by atoms with van der Waals surface area (Å²) < 4.78 is 45.0. The van der Waals surface area contributed by atoms with Gasteiger partial charge >= 0.3 is 5.97 Å². The van der Waals surface area contributed by atoms with E-state index in [2.05, 4.69) is 0 Å². The van der Waals surface area contributed by atoms with Gasteiger partial charge in [-0.2, -0.15) is 4.31 Å². The molecule has 0 fully saturated rings. The monoisotopic (exact) mass is 269 g/mol. The van der Waals surface area contributed by atoms with Gasteiger partial charge in [0.2, 0.25) is 10.0 Å². The topological polar surface area (TPSA) is 109 Å². The van der Waals surface area contributed by atoms with Crippen LogP contribution in [0.15, 0.2) is 0 Å². The lowest BCUT2D eigenvalue weighted by atomic mass is 10.6. The van der Waals surface area contributed by atoms with Crippen LogP contribution in [0.1, 0.15) is 0 Å². The van der Waals surface area contributed by atoms with Crippen molar-refractivity contribution in [1.29, 1.82) is 0 Å². The summed E-state index contributed by atoms with van der Waals surface area (Å²) in [4.78, 5) is 10.4. The van der Waals surface area contributed by atoms with Crippen LogP contribution in [-0.4, -0.2) is 56.6 Å². The molecule has 0 rings (SSSR count). The maximum Gasteiger partial charge on any atom is 0.318 e. The Hall–Kier alpha value is -1.11. The molecule has 9 heteroatoms. The predicted octanol–water partition coefficient (Wildman–Crippen LogP) is -1.66. The van der Waals surface area contributed by atoms with Crippen molar-refractivity contribution < 1.29 is 26.7 Å². The van der Waals surface area contributed by atoms with Crippen LogP contribution in [0.2, 0.25) is 0 Å². The highest BCUT2D eigenvalue weighted by Gasteiger charge is 2.27.